The van der Waals surface area contributed by atoms with Crippen LogP contribution in [0, 0.1) is 13.8 Å². The van der Waals surface area contributed by atoms with E-state index in [1.807, 2.05) is 32.0 Å². The predicted molar refractivity (Wildman–Crippen MR) is 70.2 cm³/mol. The van der Waals surface area contributed by atoms with Gasteiger partial charge in [0.15, 0.2) is 0 Å². The van der Waals surface area contributed by atoms with E-state index < -0.39 is 0 Å². The third kappa shape index (κ3) is 3.63. The lowest BCUT2D eigenvalue weighted by molar-refractivity contribution is -0.142. The Labute approximate surface area is 102 Å². The van der Waals surface area contributed by atoms with E-state index in [9.17, 15) is 4.79 Å². The van der Waals surface area contributed by atoms with Crippen LogP contribution in [0.4, 0.5) is 5.69 Å². The molecule has 1 aromatic rings. The molecule has 0 amide bonds. The van der Waals surface area contributed by atoms with Gasteiger partial charge in [-0.3, -0.25) is 0 Å². The molecule has 3 nitrogen and oxygen atoms in total. The average molecular weight is 233 g/mol. The molecule has 1 N–H and O–H groups in total. The molecule has 1 rings (SSSR count). The zero-order valence-corrected chi connectivity index (χ0v) is 10.6. The van der Waals surface area contributed by atoms with E-state index >= 15 is 0 Å². The van der Waals surface area contributed by atoms with Crippen molar-refractivity contribution in [3.63, 3.8) is 0 Å². The highest BCUT2D eigenvalue weighted by Crippen LogP contribution is 2.20. The fraction of sp³-hybridized carbons (Fsp3) is 0.357. The minimum atomic E-state index is -0.366. The SMILES string of the molecule is C=CCOC(=O)[C@H](C)Nc1c(C)cccc1C. The molecule has 3 heteroatoms. The largest absolute Gasteiger partial charge is 0.460 e. The van der Waals surface area contributed by atoms with E-state index in [4.69, 9.17) is 4.74 Å². The van der Waals surface area contributed by atoms with E-state index in [0.717, 1.165) is 16.8 Å². The summed E-state index contributed by atoms with van der Waals surface area (Å²) >= 11 is 0. The number of nitrogens with one attached hydrogen (secondary N) is 1. The van der Waals surface area contributed by atoms with Crippen molar-refractivity contribution in [3.8, 4) is 0 Å². The number of para-hydroxylation sites is 1. The first-order chi connectivity index (χ1) is 8.06. The summed E-state index contributed by atoms with van der Waals surface area (Å²) in [5.41, 5.74) is 3.23. The zero-order chi connectivity index (χ0) is 12.8. The quantitative estimate of drug-likeness (QED) is 0.627. The Morgan fingerprint density at radius 2 is 2.06 bits per heavy atom. The highest BCUT2D eigenvalue weighted by molar-refractivity contribution is 5.79. The second-order valence-corrected chi connectivity index (χ2v) is 4.05. The summed E-state index contributed by atoms with van der Waals surface area (Å²) in [6, 6.07) is 5.65. The van der Waals surface area contributed by atoms with Gasteiger partial charge in [-0.2, -0.15) is 0 Å². The molecule has 0 aliphatic carbocycles. The van der Waals surface area contributed by atoms with Gasteiger partial charge in [-0.1, -0.05) is 30.9 Å². The van der Waals surface area contributed by atoms with Gasteiger partial charge in [-0.25, -0.2) is 4.79 Å². The first kappa shape index (κ1) is 13.3. The molecular formula is C14H19NO2. The number of rotatable bonds is 5. The summed E-state index contributed by atoms with van der Waals surface area (Å²) in [6.07, 6.45) is 1.56. The minimum Gasteiger partial charge on any atom is -0.460 e. The number of carbonyl (C=O) groups is 1. The zero-order valence-electron chi connectivity index (χ0n) is 10.6. The summed E-state index contributed by atoms with van der Waals surface area (Å²) in [5, 5.41) is 3.18. The fourth-order valence-corrected chi connectivity index (χ4v) is 1.58. The highest BCUT2D eigenvalue weighted by atomic mass is 16.5. The molecule has 0 radical (unpaired) electrons. The van der Waals surface area contributed by atoms with Crippen molar-refractivity contribution in [3.05, 3.63) is 42.0 Å². The van der Waals surface area contributed by atoms with Crippen molar-refractivity contribution in [1.29, 1.82) is 0 Å². The van der Waals surface area contributed by atoms with Gasteiger partial charge >= 0.3 is 5.97 Å². The van der Waals surface area contributed by atoms with Crippen LogP contribution >= 0.6 is 0 Å². The maximum absolute atomic E-state index is 11.6. The van der Waals surface area contributed by atoms with Crippen molar-refractivity contribution in [1.82, 2.24) is 0 Å². The van der Waals surface area contributed by atoms with Gasteiger partial charge in [0.1, 0.15) is 12.6 Å². The number of hydrogen-bond donors (Lipinski definition) is 1. The maximum Gasteiger partial charge on any atom is 0.328 e. The van der Waals surface area contributed by atoms with Crippen molar-refractivity contribution in [2.75, 3.05) is 11.9 Å². The van der Waals surface area contributed by atoms with Crippen LogP contribution in [0.15, 0.2) is 30.9 Å². The number of aryl methyl sites for hydroxylation is 2. The smallest absolute Gasteiger partial charge is 0.328 e. The molecular weight excluding hydrogens is 214 g/mol. The van der Waals surface area contributed by atoms with Crippen LogP contribution in [0.3, 0.4) is 0 Å². The van der Waals surface area contributed by atoms with Gasteiger partial charge in [0.05, 0.1) is 0 Å². The Morgan fingerprint density at radius 1 is 1.47 bits per heavy atom. The van der Waals surface area contributed by atoms with Crippen LogP contribution in [-0.2, 0) is 9.53 Å². The molecule has 0 unspecified atom stereocenters. The predicted octanol–water partition coefficient (Wildman–Crippen LogP) is 2.83. The van der Waals surface area contributed by atoms with Gasteiger partial charge in [0.25, 0.3) is 0 Å². The maximum atomic E-state index is 11.6. The lowest BCUT2D eigenvalue weighted by Gasteiger charge is -2.17. The lowest BCUT2D eigenvalue weighted by Crippen LogP contribution is -2.28. The molecule has 0 fully saturated rings. The van der Waals surface area contributed by atoms with Crippen molar-refractivity contribution in [2.24, 2.45) is 0 Å². The second-order valence-electron chi connectivity index (χ2n) is 4.05. The van der Waals surface area contributed by atoms with E-state index in [-0.39, 0.29) is 18.6 Å². The van der Waals surface area contributed by atoms with Crippen molar-refractivity contribution >= 4 is 11.7 Å². The molecule has 0 saturated heterocycles. The molecule has 0 saturated carbocycles. The first-order valence-corrected chi connectivity index (χ1v) is 5.66. The molecule has 0 spiro atoms. The Balaban J connectivity index is 2.70. The van der Waals surface area contributed by atoms with Crippen LogP contribution in [0.25, 0.3) is 0 Å². The van der Waals surface area contributed by atoms with Crippen LogP contribution in [-0.4, -0.2) is 18.6 Å². The van der Waals surface area contributed by atoms with E-state index in [1.165, 1.54) is 0 Å². The molecule has 1 aromatic carbocycles. The number of benzene rings is 1. The van der Waals surface area contributed by atoms with Crippen LogP contribution < -0.4 is 5.32 Å². The molecule has 92 valence electrons. The fourth-order valence-electron chi connectivity index (χ4n) is 1.58. The molecule has 0 heterocycles. The lowest BCUT2D eigenvalue weighted by atomic mass is 10.1. The summed E-state index contributed by atoms with van der Waals surface area (Å²) in [4.78, 5) is 11.6. The van der Waals surface area contributed by atoms with Crippen LogP contribution in [0.1, 0.15) is 18.1 Å². The molecule has 1 atom stereocenters. The van der Waals surface area contributed by atoms with Crippen LogP contribution in [0.2, 0.25) is 0 Å². The van der Waals surface area contributed by atoms with Gasteiger partial charge in [-0.05, 0) is 31.9 Å². The minimum absolute atomic E-state index is 0.248. The third-order valence-electron chi connectivity index (χ3n) is 2.54. The molecule has 17 heavy (non-hydrogen) atoms. The monoisotopic (exact) mass is 233 g/mol. The number of anilines is 1. The van der Waals surface area contributed by atoms with Crippen molar-refractivity contribution < 1.29 is 9.53 Å². The van der Waals surface area contributed by atoms with Crippen molar-refractivity contribution in [2.45, 2.75) is 26.8 Å². The normalized spacial score (nSPS) is 11.7. The average Bonchev–Trinajstić information content (AvgIpc) is 2.30. The second kappa shape index (κ2) is 6.09. The number of esters is 1. The highest BCUT2D eigenvalue weighted by Gasteiger charge is 2.15. The summed E-state index contributed by atoms with van der Waals surface area (Å²) in [5.74, 6) is -0.271. The van der Waals surface area contributed by atoms with Crippen LogP contribution in [0.5, 0.6) is 0 Å². The van der Waals surface area contributed by atoms with Gasteiger partial charge in [-0.15, -0.1) is 0 Å². The molecule has 0 bridgehead atoms. The number of ether oxygens (including phenoxy) is 1. The summed E-state index contributed by atoms with van der Waals surface area (Å²) in [6.45, 7) is 9.57. The topological polar surface area (TPSA) is 38.3 Å². The first-order valence-electron chi connectivity index (χ1n) is 5.66. The summed E-state index contributed by atoms with van der Waals surface area (Å²) in [7, 11) is 0. The van der Waals surface area contributed by atoms with Gasteiger partial charge in [0.2, 0.25) is 0 Å². The Kier molecular flexibility index (Phi) is 4.76. The Morgan fingerprint density at radius 3 is 2.59 bits per heavy atom. The third-order valence-corrected chi connectivity index (χ3v) is 2.54. The van der Waals surface area contributed by atoms with E-state index in [2.05, 4.69) is 11.9 Å². The standard InChI is InChI=1S/C14H19NO2/c1-5-9-17-14(16)12(4)15-13-10(2)7-6-8-11(13)3/h5-8,12,15H,1,9H2,2-4H3/t12-/m0/s1. The molecule has 0 aromatic heterocycles. The van der Waals surface area contributed by atoms with Gasteiger partial charge in [0, 0.05) is 5.69 Å². The Bertz CT molecular complexity index is 392. The summed E-state index contributed by atoms with van der Waals surface area (Å²) < 4.78 is 4.99. The number of hydrogen-bond acceptors (Lipinski definition) is 3. The molecule has 0 aliphatic heterocycles. The number of carbonyl (C=O) groups excluding carboxylic acids is 1. The van der Waals surface area contributed by atoms with Gasteiger partial charge < -0.3 is 10.1 Å². The van der Waals surface area contributed by atoms with E-state index in [0.29, 0.717) is 0 Å². The molecule has 0 aliphatic rings. The Hall–Kier alpha value is -1.77. The van der Waals surface area contributed by atoms with E-state index in [1.54, 1.807) is 13.0 Å².